The van der Waals surface area contributed by atoms with Gasteiger partial charge in [0.25, 0.3) is 0 Å². The van der Waals surface area contributed by atoms with E-state index in [1.54, 1.807) is 16.4 Å². The Balaban J connectivity index is 2.05. The van der Waals surface area contributed by atoms with Gasteiger partial charge in [-0.2, -0.15) is 4.31 Å². The quantitative estimate of drug-likeness (QED) is 0.901. The molecule has 110 valence electrons. The number of hydrogen-bond donors (Lipinski definition) is 1. The molecule has 6 heteroatoms. The maximum atomic E-state index is 12.9. The van der Waals surface area contributed by atoms with Crippen LogP contribution in [0.3, 0.4) is 0 Å². The largest absolute Gasteiger partial charge is 0.392 e. The van der Waals surface area contributed by atoms with Crippen molar-refractivity contribution in [2.24, 2.45) is 5.92 Å². The predicted octanol–water partition coefficient (Wildman–Crippen LogP) is 2.42. The second kappa shape index (κ2) is 5.09. The third-order valence-corrected chi connectivity index (χ3v) is 7.67. The van der Waals surface area contributed by atoms with E-state index in [1.165, 1.54) is 0 Å². The van der Waals surface area contributed by atoms with Gasteiger partial charge < -0.3 is 5.11 Å². The number of hydrogen-bond acceptors (Lipinski definition) is 3. The normalized spacial score (nSPS) is 26.4. The maximum absolute atomic E-state index is 12.9. The number of nitrogens with zero attached hydrogens (tertiary/aromatic N) is 1. The molecule has 1 aromatic rings. The van der Waals surface area contributed by atoms with Crippen LogP contribution in [0.5, 0.6) is 0 Å². The minimum atomic E-state index is -3.48. The van der Waals surface area contributed by atoms with Crippen LogP contribution in [0, 0.1) is 12.8 Å². The summed E-state index contributed by atoms with van der Waals surface area (Å²) in [5.74, 6) is 0.524. The van der Waals surface area contributed by atoms with Gasteiger partial charge in [0.2, 0.25) is 10.0 Å². The lowest BCUT2D eigenvalue weighted by atomic mass is 10.1. The van der Waals surface area contributed by atoms with Crippen LogP contribution >= 0.6 is 15.9 Å². The van der Waals surface area contributed by atoms with Crippen LogP contribution in [0.25, 0.3) is 0 Å². The van der Waals surface area contributed by atoms with Gasteiger partial charge in [-0.25, -0.2) is 8.42 Å². The zero-order valence-electron chi connectivity index (χ0n) is 11.3. The van der Waals surface area contributed by atoms with Gasteiger partial charge in [-0.1, -0.05) is 6.07 Å². The van der Waals surface area contributed by atoms with Crippen molar-refractivity contribution in [3.63, 3.8) is 0 Å². The summed E-state index contributed by atoms with van der Waals surface area (Å²) in [6, 6.07) is 3.55. The van der Waals surface area contributed by atoms with E-state index in [9.17, 15) is 13.5 Å². The molecule has 2 fully saturated rings. The van der Waals surface area contributed by atoms with Gasteiger partial charge in [0.15, 0.2) is 0 Å². The maximum Gasteiger partial charge on any atom is 0.244 e. The van der Waals surface area contributed by atoms with Crippen molar-refractivity contribution in [2.45, 2.75) is 43.7 Å². The molecule has 2 unspecified atom stereocenters. The molecule has 1 saturated heterocycles. The van der Waals surface area contributed by atoms with Crippen molar-refractivity contribution in [1.29, 1.82) is 0 Å². The summed E-state index contributed by atoms with van der Waals surface area (Å²) in [4.78, 5) is 0.286. The standard InChI is InChI=1S/C14H18BrNO3S/c1-9-4-11(8-17)6-13(14(9)15)20(18,19)16-7-10-2-3-12(16)5-10/h4,6,10,12,17H,2-3,5,7-8H2,1H3. The molecule has 0 spiro atoms. The van der Waals surface area contributed by atoms with E-state index in [1.807, 2.05) is 6.92 Å². The van der Waals surface area contributed by atoms with Gasteiger partial charge in [0, 0.05) is 17.1 Å². The highest BCUT2D eigenvalue weighted by Crippen LogP contribution is 2.42. The monoisotopic (exact) mass is 359 g/mol. The van der Waals surface area contributed by atoms with E-state index in [4.69, 9.17) is 0 Å². The number of aliphatic hydroxyl groups excluding tert-OH is 1. The molecule has 0 aromatic heterocycles. The molecular formula is C14H18BrNO3S. The first-order valence-corrected chi connectivity index (χ1v) is 9.08. The first-order valence-electron chi connectivity index (χ1n) is 6.85. The average Bonchev–Trinajstić information content (AvgIpc) is 3.04. The summed E-state index contributed by atoms with van der Waals surface area (Å²) in [5, 5.41) is 9.29. The van der Waals surface area contributed by atoms with E-state index in [0.717, 1.165) is 24.8 Å². The van der Waals surface area contributed by atoms with Crippen LogP contribution < -0.4 is 0 Å². The fourth-order valence-corrected chi connectivity index (χ4v) is 6.16. The molecule has 20 heavy (non-hydrogen) atoms. The van der Waals surface area contributed by atoms with Gasteiger partial charge in [0.1, 0.15) is 0 Å². The van der Waals surface area contributed by atoms with Crippen LogP contribution in [0.4, 0.5) is 0 Å². The number of piperidine rings is 1. The summed E-state index contributed by atoms with van der Waals surface area (Å²) in [7, 11) is -3.48. The Morgan fingerprint density at radius 1 is 1.40 bits per heavy atom. The van der Waals surface area contributed by atoms with Crippen molar-refractivity contribution < 1.29 is 13.5 Å². The molecular weight excluding hydrogens is 342 g/mol. The molecule has 4 nitrogen and oxygen atoms in total. The molecule has 1 N–H and O–H groups in total. The Kier molecular flexibility index (Phi) is 3.69. The Morgan fingerprint density at radius 2 is 2.15 bits per heavy atom. The molecule has 0 radical (unpaired) electrons. The lowest BCUT2D eigenvalue weighted by Gasteiger charge is -2.27. The Labute approximate surface area is 128 Å². The van der Waals surface area contributed by atoms with E-state index >= 15 is 0 Å². The number of rotatable bonds is 3. The average molecular weight is 360 g/mol. The number of aryl methyl sites for hydroxylation is 1. The SMILES string of the molecule is Cc1cc(CO)cc(S(=O)(=O)N2CC3CCC2C3)c1Br. The highest BCUT2D eigenvalue weighted by Gasteiger charge is 2.44. The summed E-state index contributed by atoms with van der Waals surface area (Å²) in [6.07, 6.45) is 3.11. The third kappa shape index (κ3) is 2.22. The van der Waals surface area contributed by atoms with Crippen molar-refractivity contribution >= 4 is 26.0 Å². The molecule has 3 rings (SSSR count). The zero-order valence-corrected chi connectivity index (χ0v) is 13.7. The highest BCUT2D eigenvalue weighted by molar-refractivity contribution is 9.10. The van der Waals surface area contributed by atoms with Gasteiger partial charge in [-0.15, -0.1) is 0 Å². The van der Waals surface area contributed by atoms with Gasteiger partial charge >= 0.3 is 0 Å². The summed E-state index contributed by atoms with van der Waals surface area (Å²) in [5.41, 5.74) is 1.47. The molecule has 1 saturated carbocycles. The number of sulfonamides is 1. The zero-order chi connectivity index (χ0) is 14.5. The van der Waals surface area contributed by atoms with Crippen LogP contribution in [0.1, 0.15) is 30.4 Å². The second-order valence-corrected chi connectivity index (χ2v) is 8.44. The Bertz CT molecular complexity index is 644. The number of fused-ring (bicyclic) bond motifs is 2. The molecule has 2 bridgehead atoms. The van der Waals surface area contributed by atoms with Crippen LogP contribution in [-0.4, -0.2) is 30.4 Å². The van der Waals surface area contributed by atoms with Crippen molar-refractivity contribution in [1.82, 2.24) is 4.31 Å². The molecule has 1 aliphatic heterocycles. The van der Waals surface area contributed by atoms with Gasteiger partial charge in [-0.3, -0.25) is 0 Å². The third-order valence-electron chi connectivity index (χ3n) is 4.41. The fourth-order valence-electron chi connectivity index (χ4n) is 3.39. The smallest absolute Gasteiger partial charge is 0.244 e. The van der Waals surface area contributed by atoms with Crippen molar-refractivity contribution in [3.8, 4) is 0 Å². The summed E-state index contributed by atoms with van der Waals surface area (Å²) >= 11 is 3.39. The van der Waals surface area contributed by atoms with E-state index in [0.29, 0.717) is 22.5 Å². The van der Waals surface area contributed by atoms with Crippen molar-refractivity contribution in [2.75, 3.05) is 6.54 Å². The predicted molar refractivity (Wildman–Crippen MR) is 79.8 cm³/mol. The molecule has 2 atom stereocenters. The fraction of sp³-hybridized carbons (Fsp3) is 0.571. The van der Waals surface area contributed by atoms with Crippen molar-refractivity contribution in [3.05, 3.63) is 27.7 Å². The molecule has 0 amide bonds. The lowest BCUT2D eigenvalue weighted by Crippen LogP contribution is -2.37. The topological polar surface area (TPSA) is 57.6 Å². The minimum absolute atomic E-state index is 0.150. The van der Waals surface area contributed by atoms with Crippen LogP contribution in [0.2, 0.25) is 0 Å². The first-order chi connectivity index (χ1) is 9.43. The molecule has 1 aromatic carbocycles. The van der Waals surface area contributed by atoms with E-state index < -0.39 is 10.0 Å². The second-order valence-electron chi connectivity index (χ2n) is 5.79. The van der Waals surface area contributed by atoms with Gasteiger partial charge in [-0.05, 0) is 65.2 Å². The van der Waals surface area contributed by atoms with Crippen LogP contribution in [-0.2, 0) is 16.6 Å². The molecule has 1 aliphatic carbocycles. The lowest BCUT2D eigenvalue weighted by molar-refractivity contribution is 0.281. The van der Waals surface area contributed by atoms with Gasteiger partial charge in [0.05, 0.1) is 11.5 Å². The molecule has 1 heterocycles. The highest BCUT2D eigenvalue weighted by atomic mass is 79.9. The number of benzene rings is 1. The Morgan fingerprint density at radius 3 is 2.70 bits per heavy atom. The minimum Gasteiger partial charge on any atom is -0.392 e. The van der Waals surface area contributed by atoms with E-state index in [-0.39, 0.29) is 17.5 Å². The summed E-state index contributed by atoms with van der Waals surface area (Å²) in [6.45, 7) is 2.34. The summed E-state index contributed by atoms with van der Waals surface area (Å²) < 4.78 is 28.0. The van der Waals surface area contributed by atoms with E-state index in [2.05, 4.69) is 15.9 Å². The molecule has 2 aliphatic rings. The first kappa shape index (κ1) is 14.5. The Hall–Kier alpha value is -0.430. The number of halogens is 1. The van der Waals surface area contributed by atoms with Crippen LogP contribution in [0.15, 0.2) is 21.5 Å². The number of aliphatic hydroxyl groups is 1.